The fraction of sp³-hybridized carbons (Fsp3) is 0.107. The minimum atomic E-state index is -3.95. The van der Waals surface area contributed by atoms with Crippen molar-refractivity contribution in [2.45, 2.75) is 25.3 Å². The number of aryl methyl sites for hydroxylation is 2. The SMILES string of the molecule is Cc1noc(C)c1-c1cnc2c(C=CC(=O)OCc3ccccc3)cn(S(=O)(=O)c3ccccc3)c2c1. The zero-order valence-corrected chi connectivity index (χ0v) is 21.0. The van der Waals surface area contributed by atoms with Crippen molar-refractivity contribution in [3.63, 3.8) is 0 Å². The predicted molar refractivity (Wildman–Crippen MR) is 139 cm³/mol. The van der Waals surface area contributed by atoms with Crippen molar-refractivity contribution in [1.82, 2.24) is 14.1 Å². The zero-order chi connectivity index (χ0) is 26.0. The molecule has 0 amide bonds. The molecule has 5 rings (SSSR count). The number of fused-ring (bicyclic) bond motifs is 1. The van der Waals surface area contributed by atoms with Gasteiger partial charge in [-0.15, -0.1) is 0 Å². The molecule has 0 radical (unpaired) electrons. The smallest absolute Gasteiger partial charge is 0.331 e. The summed E-state index contributed by atoms with van der Waals surface area (Å²) in [6.07, 6.45) is 5.87. The average Bonchev–Trinajstić information content (AvgIpc) is 3.46. The van der Waals surface area contributed by atoms with E-state index in [4.69, 9.17) is 9.26 Å². The molecule has 0 saturated carbocycles. The molecule has 0 unspecified atom stereocenters. The maximum atomic E-state index is 13.6. The van der Waals surface area contributed by atoms with E-state index < -0.39 is 16.0 Å². The maximum absolute atomic E-state index is 13.6. The summed E-state index contributed by atoms with van der Waals surface area (Å²) in [5.41, 5.74) is 4.19. The van der Waals surface area contributed by atoms with Crippen LogP contribution in [0.4, 0.5) is 0 Å². The summed E-state index contributed by atoms with van der Waals surface area (Å²) in [4.78, 5) is 17.1. The summed E-state index contributed by atoms with van der Waals surface area (Å²) in [5.74, 6) is 0.0481. The van der Waals surface area contributed by atoms with Gasteiger partial charge in [-0.3, -0.25) is 4.98 Å². The largest absolute Gasteiger partial charge is 0.458 e. The minimum Gasteiger partial charge on any atom is -0.458 e. The minimum absolute atomic E-state index is 0.132. The molecular formula is C28H23N3O5S. The van der Waals surface area contributed by atoms with Crippen molar-refractivity contribution >= 4 is 33.1 Å². The van der Waals surface area contributed by atoms with Crippen LogP contribution in [-0.4, -0.2) is 28.5 Å². The van der Waals surface area contributed by atoms with Crippen LogP contribution in [0.1, 0.15) is 22.6 Å². The number of benzene rings is 2. The molecule has 0 fully saturated rings. The first kappa shape index (κ1) is 24.2. The first-order chi connectivity index (χ1) is 17.8. The van der Waals surface area contributed by atoms with Gasteiger partial charge in [0.1, 0.15) is 12.4 Å². The summed E-state index contributed by atoms with van der Waals surface area (Å²) in [6.45, 7) is 3.73. The second-order valence-corrected chi connectivity index (χ2v) is 10.2. The molecule has 0 spiro atoms. The molecule has 9 heteroatoms. The van der Waals surface area contributed by atoms with Crippen LogP contribution >= 0.6 is 0 Å². The van der Waals surface area contributed by atoms with Gasteiger partial charge in [-0.25, -0.2) is 17.2 Å². The van der Waals surface area contributed by atoms with E-state index in [1.807, 2.05) is 37.3 Å². The van der Waals surface area contributed by atoms with Crippen LogP contribution in [-0.2, 0) is 26.2 Å². The maximum Gasteiger partial charge on any atom is 0.331 e. The van der Waals surface area contributed by atoms with E-state index in [9.17, 15) is 13.2 Å². The molecular weight excluding hydrogens is 490 g/mol. The molecule has 8 nitrogen and oxygen atoms in total. The van der Waals surface area contributed by atoms with E-state index in [2.05, 4.69) is 10.1 Å². The van der Waals surface area contributed by atoms with Gasteiger partial charge in [0.05, 0.1) is 21.6 Å². The van der Waals surface area contributed by atoms with Crippen molar-refractivity contribution < 1.29 is 22.5 Å². The Labute approximate surface area is 213 Å². The lowest BCUT2D eigenvalue weighted by molar-refractivity contribution is -0.138. The van der Waals surface area contributed by atoms with Gasteiger partial charge in [-0.2, -0.15) is 0 Å². The number of ether oxygens (including phenoxy) is 1. The van der Waals surface area contributed by atoms with Crippen LogP contribution in [0.3, 0.4) is 0 Å². The molecule has 0 saturated heterocycles. The molecule has 0 aliphatic heterocycles. The van der Waals surface area contributed by atoms with Crippen LogP contribution < -0.4 is 0 Å². The topological polar surface area (TPSA) is 104 Å². The number of esters is 1. The van der Waals surface area contributed by atoms with Crippen molar-refractivity contribution in [3.05, 3.63) is 108 Å². The van der Waals surface area contributed by atoms with Gasteiger partial charge in [0.15, 0.2) is 0 Å². The fourth-order valence-electron chi connectivity index (χ4n) is 4.09. The van der Waals surface area contributed by atoms with Crippen LogP contribution in [0.5, 0.6) is 0 Å². The van der Waals surface area contributed by atoms with E-state index in [0.717, 1.165) is 11.1 Å². The lowest BCUT2D eigenvalue weighted by Gasteiger charge is -2.08. The standard InChI is InChI=1S/C28H23N3O5S/c1-19-27(20(2)36-30-19)23-15-25-28(29-16-23)22(13-14-26(32)35-18-21-9-5-3-6-10-21)17-31(25)37(33,34)24-11-7-4-8-12-24/h3-17H,18H2,1-2H3. The van der Waals surface area contributed by atoms with Crippen LogP contribution in [0.2, 0.25) is 0 Å². The van der Waals surface area contributed by atoms with Gasteiger partial charge >= 0.3 is 5.97 Å². The highest BCUT2D eigenvalue weighted by Gasteiger charge is 2.23. The Morgan fingerprint density at radius 1 is 1.05 bits per heavy atom. The van der Waals surface area contributed by atoms with E-state index in [-0.39, 0.29) is 11.5 Å². The number of hydrogen-bond donors (Lipinski definition) is 0. The van der Waals surface area contributed by atoms with Crippen molar-refractivity contribution in [1.29, 1.82) is 0 Å². The van der Waals surface area contributed by atoms with E-state index in [0.29, 0.717) is 33.6 Å². The van der Waals surface area contributed by atoms with Crippen LogP contribution in [0.25, 0.3) is 28.2 Å². The number of aromatic nitrogens is 3. The van der Waals surface area contributed by atoms with Gasteiger partial charge in [0.25, 0.3) is 10.0 Å². The van der Waals surface area contributed by atoms with E-state index >= 15 is 0 Å². The number of carbonyl (C=O) groups excluding carboxylic acids is 1. The van der Waals surface area contributed by atoms with Gasteiger partial charge in [-0.05, 0) is 43.7 Å². The highest BCUT2D eigenvalue weighted by molar-refractivity contribution is 7.90. The van der Waals surface area contributed by atoms with Crippen LogP contribution in [0, 0.1) is 13.8 Å². The number of nitrogens with zero attached hydrogens (tertiary/aromatic N) is 3. The Hall–Kier alpha value is -4.50. The first-order valence-electron chi connectivity index (χ1n) is 11.5. The summed E-state index contributed by atoms with van der Waals surface area (Å²) in [7, 11) is -3.95. The normalized spacial score (nSPS) is 11.8. The molecule has 0 aliphatic carbocycles. The summed E-state index contributed by atoms with van der Waals surface area (Å²) < 4.78 is 38.9. The Balaban J connectivity index is 1.56. The van der Waals surface area contributed by atoms with E-state index in [1.165, 1.54) is 34.5 Å². The number of pyridine rings is 1. The quantitative estimate of drug-likeness (QED) is 0.215. The Kier molecular flexibility index (Phi) is 6.45. The molecule has 0 atom stereocenters. The summed E-state index contributed by atoms with van der Waals surface area (Å²) in [6, 6.07) is 19.2. The van der Waals surface area contributed by atoms with Crippen LogP contribution in [0.15, 0.2) is 94.6 Å². The second kappa shape index (κ2) is 9.87. The monoisotopic (exact) mass is 513 g/mol. The number of carbonyl (C=O) groups is 1. The van der Waals surface area contributed by atoms with Gasteiger partial charge < -0.3 is 9.26 Å². The lowest BCUT2D eigenvalue weighted by atomic mass is 10.1. The van der Waals surface area contributed by atoms with E-state index in [1.54, 1.807) is 37.4 Å². The third-order valence-electron chi connectivity index (χ3n) is 5.88. The molecule has 37 heavy (non-hydrogen) atoms. The molecule has 0 N–H and O–H groups in total. The Morgan fingerprint density at radius 3 is 2.43 bits per heavy atom. The Bertz CT molecular complexity index is 1700. The molecule has 186 valence electrons. The van der Waals surface area contributed by atoms with Crippen molar-refractivity contribution in [3.8, 4) is 11.1 Å². The molecule has 3 heterocycles. The second-order valence-electron chi connectivity index (χ2n) is 8.42. The first-order valence-corrected chi connectivity index (χ1v) is 12.9. The molecule has 3 aromatic heterocycles. The molecule has 2 aromatic carbocycles. The van der Waals surface area contributed by atoms with Gasteiger partial charge in [0, 0.05) is 35.2 Å². The summed E-state index contributed by atoms with van der Waals surface area (Å²) in [5, 5.41) is 3.99. The Morgan fingerprint density at radius 2 is 1.76 bits per heavy atom. The third kappa shape index (κ3) is 4.81. The molecule has 5 aromatic rings. The highest BCUT2D eigenvalue weighted by Crippen LogP contribution is 2.32. The average molecular weight is 514 g/mol. The highest BCUT2D eigenvalue weighted by atomic mass is 32.2. The molecule has 0 bridgehead atoms. The van der Waals surface area contributed by atoms with Gasteiger partial charge in [-0.1, -0.05) is 53.7 Å². The van der Waals surface area contributed by atoms with Crippen molar-refractivity contribution in [2.75, 3.05) is 0 Å². The zero-order valence-electron chi connectivity index (χ0n) is 20.2. The summed E-state index contributed by atoms with van der Waals surface area (Å²) >= 11 is 0. The molecule has 0 aliphatic rings. The lowest BCUT2D eigenvalue weighted by Crippen LogP contribution is -2.11. The number of hydrogen-bond acceptors (Lipinski definition) is 7. The predicted octanol–water partition coefficient (Wildman–Crippen LogP) is 5.30. The van der Waals surface area contributed by atoms with Crippen molar-refractivity contribution in [2.24, 2.45) is 0 Å². The third-order valence-corrected chi connectivity index (χ3v) is 7.57. The number of rotatable bonds is 7. The van der Waals surface area contributed by atoms with Gasteiger partial charge in [0.2, 0.25) is 0 Å². The fourth-order valence-corrected chi connectivity index (χ4v) is 5.47.